The predicted octanol–water partition coefficient (Wildman–Crippen LogP) is 1.67. The van der Waals surface area contributed by atoms with Crippen LogP contribution in [0.3, 0.4) is 0 Å². The molecular formula is C14H16FNO3. The summed E-state index contributed by atoms with van der Waals surface area (Å²) in [4.78, 5) is 23.3. The van der Waals surface area contributed by atoms with E-state index in [0.29, 0.717) is 0 Å². The van der Waals surface area contributed by atoms with Crippen molar-refractivity contribution in [2.24, 2.45) is 0 Å². The van der Waals surface area contributed by atoms with E-state index in [4.69, 9.17) is 5.11 Å². The summed E-state index contributed by atoms with van der Waals surface area (Å²) in [5, 5.41) is 11.6. The van der Waals surface area contributed by atoms with Gasteiger partial charge in [0.05, 0.1) is 0 Å². The first kappa shape index (κ1) is 13.7. The van der Waals surface area contributed by atoms with Crippen LogP contribution in [0.5, 0.6) is 0 Å². The Labute approximate surface area is 110 Å². The van der Waals surface area contributed by atoms with Gasteiger partial charge in [0.25, 0.3) is 5.91 Å². The molecule has 0 saturated heterocycles. The molecule has 0 bridgehead atoms. The highest BCUT2D eigenvalue weighted by Gasteiger charge is 2.19. The van der Waals surface area contributed by atoms with Gasteiger partial charge in [0.2, 0.25) is 0 Å². The van der Waals surface area contributed by atoms with Crippen LogP contribution in [0.25, 0.3) is 0 Å². The lowest BCUT2D eigenvalue weighted by Crippen LogP contribution is -2.32. The molecule has 5 heteroatoms. The quantitative estimate of drug-likeness (QED) is 0.814. The minimum Gasteiger partial charge on any atom is -0.388 e. The average molecular weight is 265 g/mol. The van der Waals surface area contributed by atoms with Crippen molar-refractivity contribution in [3.8, 4) is 0 Å². The van der Waals surface area contributed by atoms with Crippen LogP contribution in [0, 0.1) is 5.82 Å². The number of carbonyl (C=O) groups is 2. The van der Waals surface area contributed by atoms with Gasteiger partial charge in [-0.2, -0.15) is 0 Å². The Morgan fingerprint density at radius 3 is 2.47 bits per heavy atom. The third-order valence-corrected chi connectivity index (χ3v) is 3.32. The van der Waals surface area contributed by atoms with Gasteiger partial charge in [0.15, 0.2) is 5.78 Å². The number of ketones is 1. The fourth-order valence-corrected chi connectivity index (χ4v) is 2.31. The highest BCUT2D eigenvalue weighted by Crippen LogP contribution is 2.18. The molecule has 0 unspecified atom stereocenters. The first-order chi connectivity index (χ1) is 9.10. The topological polar surface area (TPSA) is 66.4 Å². The summed E-state index contributed by atoms with van der Waals surface area (Å²) in [7, 11) is 0. The molecule has 1 saturated carbocycles. The summed E-state index contributed by atoms with van der Waals surface area (Å²) in [6.07, 6.45) is 4.04. The van der Waals surface area contributed by atoms with Crippen molar-refractivity contribution in [3.63, 3.8) is 0 Å². The second-order valence-corrected chi connectivity index (χ2v) is 4.76. The maximum atomic E-state index is 13.4. The van der Waals surface area contributed by atoms with E-state index in [9.17, 15) is 14.0 Å². The molecule has 1 aromatic rings. The lowest BCUT2D eigenvalue weighted by molar-refractivity contribution is 0.0903. The molecule has 1 amide bonds. The van der Waals surface area contributed by atoms with Crippen molar-refractivity contribution in [1.82, 2.24) is 5.32 Å². The van der Waals surface area contributed by atoms with E-state index < -0.39 is 18.2 Å². The van der Waals surface area contributed by atoms with Crippen molar-refractivity contribution in [2.45, 2.75) is 31.7 Å². The smallest absolute Gasteiger partial charge is 0.251 e. The SMILES string of the molecule is O=C(CO)c1cc(F)cc(C(=O)NC2CCCC2)c1. The van der Waals surface area contributed by atoms with Crippen LogP contribution in [-0.2, 0) is 0 Å². The zero-order valence-corrected chi connectivity index (χ0v) is 10.5. The molecule has 102 valence electrons. The van der Waals surface area contributed by atoms with Gasteiger partial charge in [-0.15, -0.1) is 0 Å². The number of hydrogen-bond donors (Lipinski definition) is 2. The summed E-state index contributed by atoms with van der Waals surface area (Å²) in [5.74, 6) is -1.64. The Kier molecular flexibility index (Phi) is 4.27. The monoisotopic (exact) mass is 265 g/mol. The lowest BCUT2D eigenvalue weighted by Gasteiger charge is -2.12. The number of rotatable bonds is 4. The van der Waals surface area contributed by atoms with Gasteiger partial charge in [0.1, 0.15) is 12.4 Å². The van der Waals surface area contributed by atoms with Crippen molar-refractivity contribution >= 4 is 11.7 Å². The summed E-state index contributed by atoms with van der Waals surface area (Å²) in [6, 6.07) is 3.56. The van der Waals surface area contributed by atoms with Crippen LogP contribution in [-0.4, -0.2) is 29.4 Å². The van der Waals surface area contributed by atoms with Gasteiger partial charge in [-0.1, -0.05) is 12.8 Å². The molecule has 1 aliphatic carbocycles. The number of hydrogen-bond acceptors (Lipinski definition) is 3. The normalized spacial score (nSPS) is 15.5. The van der Waals surface area contributed by atoms with Gasteiger partial charge in [-0.25, -0.2) is 4.39 Å². The number of nitrogens with one attached hydrogen (secondary N) is 1. The number of halogens is 1. The molecule has 0 atom stereocenters. The fourth-order valence-electron chi connectivity index (χ4n) is 2.31. The van der Waals surface area contributed by atoms with Gasteiger partial charge >= 0.3 is 0 Å². The van der Waals surface area contributed by atoms with E-state index in [1.165, 1.54) is 6.07 Å². The minimum absolute atomic E-state index is 0.0130. The third-order valence-electron chi connectivity index (χ3n) is 3.32. The van der Waals surface area contributed by atoms with Gasteiger partial charge < -0.3 is 10.4 Å². The van der Waals surface area contributed by atoms with Crippen LogP contribution < -0.4 is 5.32 Å². The van der Waals surface area contributed by atoms with Crippen LogP contribution in [0.1, 0.15) is 46.4 Å². The second kappa shape index (κ2) is 5.93. The molecule has 0 heterocycles. The van der Waals surface area contributed by atoms with E-state index >= 15 is 0 Å². The summed E-state index contributed by atoms with van der Waals surface area (Å²) < 4.78 is 13.4. The third kappa shape index (κ3) is 3.38. The van der Waals surface area contributed by atoms with Crippen molar-refractivity contribution < 1.29 is 19.1 Å². The molecule has 2 N–H and O–H groups in total. The van der Waals surface area contributed by atoms with Crippen LogP contribution in [0.15, 0.2) is 18.2 Å². The first-order valence-electron chi connectivity index (χ1n) is 6.35. The predicted molar refractivity (Wildman–Crippen MR) is 67.5 cm³/mol. The summed E-state index contributed by atoms with van der Waals surface area (Å²) in [6.45, 7) is -0.701. The fraction of sp³-hybridized carbons (Fsp3) is 0.429. The first-order valence-corrected chi connectivity index (χ1v) is 6.35. The highest BCUT2D eigenvalue weighted by molar-refractivity contribution is 6.01. The van der Waals surface area contributed by atoms with Crippen molar-refractivity contribution in [2.75, 3.05) is 6.61 Å². The lowest BCUT2D eigenvalue weighted by atomic mass is 10.1. The van der Waals surface area contributed by atoms with E-state index in [2.05, 4.69) is 5.32 Å². The number of amides is 1. The number of Topliss-reactive ketones (excluding diaryl/α,β-unsaturated/α-hetero) is 1. The largest absolute Gasteiger partial charge is 0.388 e. The number of benzene rings is 1. The molecule has 2 rings (SSSR count). The highest BCUT2D eigenvalue weighted by atomic mass is 19.1. The molecule has 0 spiro atoms. The Bertz CT molecular complexity index is 495. The summed E-state index contributed by atoms with van der Waals surface area (Å²) >= 11 is 0. The molecule has 0 radical (unpaired) electrons. The molecular weight excluding hydrogens is 249 g/mol. The Hall–Kier alpha value is -1.75. The average Bonchev–Trinajstić information content (AvgIpc) is 2.89. The van der Waals surface area contributed by atoms with Crippen molar-refractivity contribution in [3.05, 3.63) is 35.1 Å². The maximum Gasteiger partial charge on any atom is 0.251 e. The van der Waals surface area contributed by atoms with Gasteiger partial charge in [-0.3, -0.25) is 9.59 Å². The molecule has 0 aliphatic heterocycles. The van der Waals surface area contributed by atoms with Crippen LogP contribution >= 0.6 is 0 Å². The minimum atomic E-state index is -0.701. The molecule has 4 nitrogen and oxygen atoms in total. The number of aliphatic hydroxyl groups excluding tert-OH is 1. The van der Waals surface area contributed by atoms with Crippen molar-refractivity contribution in [1.29, 1.82) is 0 Å². The Morgan fingerprint density at radius 2 is 1.84 bits per heavy atom. The van der Waals surface area contributed by atoms with Crippen LogP contribution in [0.2, 0.25) is 0 Å². The Balaban J connectivity index is 2.16. The van der Waals surface area contributed by atoms with Crippen LogP contribution in [0.4, 0.5) is 4.39 Å². The molecule has 1 aromatic carbocycles. The molecule has 1 aliphatic rings. The molecule has 1 fully saturated rings. The summed E-state index contributed by atoms with van der Waals surface area (Å²) in [5.41, 5.74) is 0.128. The molecule has 19 heavy (non-hydrogen) atoms. The van der Waals surface area contributed by atoms with E-state index in [0.717, 1.165) is 37.8 Å². The maximum absolute atomic E-state index is 13.4. The zero-order chi connectivity index (χ0) is 13.8. The standard InChI is InChI=1S/C14H16FNO3/c15-11-6-9(13(18)8-17)5-10(7-11)14(19)16-12-3-1-2-4-12/h5-7,12,17H,1-4,8H2,(H,16,19). The van der Waals surface area contributed by atoms with E-state index in [-0.39, 0.29) is 23.1 Å². The Morgan fingerprint density at radius 1 is 1.21 bits per heavy atom. The van der Waals surface area contributed by atoms with Gasteiger partial charge in [-0.05, 0) is 31.0 Å². The van der Waals surface area contributed by atoms with E-state index in [1.54, 1.807) is 0 Å². The zero-order valence-electron chi connectivity index (χ0n) is 10.5. The van der Waals surface area contributed by atoms with E-state index in [1.807, 2.05) is 0 Å². The second-order valence-electron chi connectivity index (χ2n) is 4.76. The number of aliphatic hydroxyl groups is 1. The van der Waals surface area contributed by atoms with Gasteiger partial charge in [0, 0.05) is 17.2 Å². The number of carbonyl (C=O) groups excluding carboxylic acids is 2. The molecule has 0 aromatic heterocycles.